The Morgan fingerprint density at radius 2 is 2.07 bits per heavy atom. The molecule has 5 heteroatoms. The molecule has 3 rings (SSSR count). The first-order chi connectivity index (χ1) is 13.1. The first kappa shape index (κ1) is 18.7. The van der Waals surface area contributed by atoms with Crippen LogP contribution in [0.3, 0.4) is 0 Å². The number of rotatable bonds is 8. The van der Waals surface area contributed by atoms with E-state index in [0.29, 0.717) is 26.1 Å². The molecule has 1 heterocycles. The fourth-order valence-electron chi connectivity index (χ4n) is 3.14. The third-order valence-corrected chi connectivity index (χ3v) is 4.47. The summed E-state index contributed by atoms with van der Waals surface area (Å²) in [4.78, 5) is 16.1. The van der Waals surface area contributed by atoms with Crippen molar-refractivity contribution in [2.45, 2.75) is 26.8 Å². The average Bonchev–Trinajstić information content (AvgIpc) is 3.01. The van der Waals surface area contributed by atoms with E-state index in [0.717, 1.165) is 28.2 Å². The van der Waals surface area contributed by atoms with Crippen molar-refractivity contribution < 1.29 is 9.53 Å². The van der Waals surface area contributed by atoms with Gasteiger partial charge in [0.25, 0.3) is 0 Å². The normalized spacial score (nSPS) is 10.7. The molecule has 3 aromatic rings. The van der Waals surface area contributed by atoms with Crippen LogP contribution in [0.2, 0.25) is 0 Å². The quantitative estimate of drug-likeness (QED) is 0.623. The molecule has 140 valence electrons. The average molecular weight is 363 g/mol. The second-order valence-corrected chi connectivity index (χ2v) is 6.53. The van der Waals surface area contributed by atoms with Gasteiger partial charge in [-0.05, 0) is 43.7 Å². The van der Waals surface area contributed by atoms with Crippen LogP contribution < -0.4 is 10.1 Å². The summed E-state index contributed by atoms with van der Waals surface area (Å²) < 4.78 is 8.16. The number of carbonyl (C=O) groups is 1. The van der Waals surface area contributed by atoms with Gasteiger partial charge in [0.2, 0.25) is 5.91 Å². The molecule has 1 N–H and O–H groups in total. The van der Waals surface area contributed by atoms with Gasteiger partial charge in [-0.3, -0.25) is 4.79 Å². The summed E-state index contributed by atoms with van der Waals surface area (Å²) in [5.41, 5.74) is 4.39. The smallest absolute Gasteiger partial charge is 0.243 e. The van der Waals surface area contributed by atoms with E-state index >= 15 is 0 Å². The lowest BCUT2D eigenvalue weighted by molar-refractivity contribution is -0.116. The molecule has 5 nitrogen and oxygen atoms in total. The van der Waals surface area contributed by atoms with Crippen molar-refractivity contribution in [1.29, 1.82) is 0 Å². The molecular weight excluding hydrogens is 338 g/mol. The molecule has 2 aromatic carbocycles. The molecule has 0 unspecified atom stereocenters. The topological polar surface area (TPSA) is 56.2 Å². The van der Waals surface area contributed by atoms with Crippen molar-refractivity contribution in [2.75, 3.05) is 13.2 Å². The van der Waals surface area contributed by atoms with E-state index in [2.05, 4.69) is 48.5 Å². The van der Waals surface area contributed by atoms with E-state index in [9.17, 15) is 4.79 Å². The number of ether oxygens (including phenoxy) is 1. The lowest BCUT2D eigenvalue weighted by atomic mass is 10.1. The Morgan fingerprint density at radius 3 is 2.85 bits per heavy atom. The van der Waals surface area contributed by atoms with Gasteiger partial charge >= 0.3 is 0 Å². The molecule has 0 aliphatic heterocycles. The number of benzene rings is 2. The second kappa shape index (κ2) is 8.54. The number of aryl methyl sites for hydroxylation is 2. The zero-order valence-electron chi connectivity index (χ0n) is 15.9. The summed E-state index contributed by atoms with van der Waals surface area (Å²) >= 11 is 0. The summed E-state index contributed by atoms with van der Waals surface area (Å²) in [5.74, 6) is 1.67. The molecule has 0 saturated heterocycles. The lowest BCUT2D eigenvalue weighted by Crippen LogP contribution is -2.24. The minimum absolute atomic E-state index is 0.171. The second-order valence-electron chi connectivity index (χ2n) is 6.53. The van der Waals surface area contributed by atoms with Crippen molar-refractivity contribution in [3.63, 3.8) is 0 Å². The number of fused-ring (bicyclic) bond motifs is 1. The van der Waals surface area contributed by atoms with E-state index in [1.54, 1.807) is 0 Å². The van der Waals surface area contributed by atoms with E-state index < -0.39 is 0 Å². The fraction of sp³-hybridized carbons (Fsp3) is 0.273. The lowest BCUT2D eigenvalue weighted by Gasteiger charge is -2.13. The molecule has 1 amide bonds. The molecule has 0 spiro atoms. The Kier molecular flexibility index (Phi) is 5.91. The van der Waals surface area contributed by atoms with Crippen LogP contribution in [0.15, 0.2) is 55.1 Å². The Hall–Kier alpha value is -3.08. The van der Waals surface area contributed by atoms with Crippen molar-refractivity contribution in [1.82, 2.24) is 14.9 Å². The zero-order valence-corrected chi connectivity index (χ0v) is 15.9. The van der Waals surface area contributed by atoms with Gasteiger partial charge in [0.05, 0.1) is 17.6 Å². The number of hydrogen-bond donors (Lipinski definition) is 1. The van der Waals surface area contributed by atoms with Crippen molar-refractivity contribution in [3.05, 3.63) is 72.1 Å². The molecule has 27 heavy (non-hydrogen) atoms. The van der Waals surface area contributed by atoms with E-state index in [4.69, 9.17) is 9.72 Å². The van der Waals surface area contributed by atoms with Crippen molar-refractivity contribution in [3.8, 4) is 5.75 Å². The van der Waals surface area contributed by atoms with Gasteiger partial charge in [-0.1, -0.05) is 36.4 Å². The monoisotopic (exact) mass is 363 g/mol. The summed E-state index contributed by atoms with van der Waals surface area (Å²) in [6.07, 6.45) is 1.93. The maximum Gasteiger partial charge on any atom is 0.243 e. The number of carbonyl (C=O) groups excluding carboxylic acids is 1. The molecule has 0 aliphatic rings. The maximum absolute atomic E-state index is 11.4. The first-order valence-corrected chi connectivity index (χ1v) is 9.13. The highest BCUT2D eigenvalue weighted by Gasteiger charge is 2.11. The number of aromatic nitrogens is 2. The van der Waals surface area contributed by atoms with Gasteiger partial charge in [0, 0.05) is 13.0 Å². The predicted molar refractivity (Wildman–Crippen MR) is 108 cm³/mol. The number of para-hydroxylation sites is 2. The van der Waals surface area contributed by atoms with Crippen LogP contribution >= 0.6 is 0 Å². The molecule has 0 aliphatic carbocycles. The third kappa shape index (κ3) is 4.56. The SMILES string of the molecule is C=CC(=O)NCCc1nc2ccccc2n1CCOc1ccc(C)cc1C. The molecule has 0 bridgehead atoms. The fourth-order valence-corrected chi connectivity index (χ4v) is 3.14. The minimum atomic E-state index is -0.171. The summed E-state index contributed by atoms with van der Waals surface area (Å²) in [6, 6.07) is 14.2. The van der Waals surface area contributed by atoms with Crippen LogP contribution in [0.4, 0.5) is 0 Å². The van der Waals surface area contributed by atoms with Crippen LogP contribution in [-0.2, 0) is 17.8 Å². The highest BCUT2D eigenvalue weighted by molar-refractivity contribution is 5.86. The molecule has 1 aromatic heterocycles. The molecule has 0 saturated carbocycles. The van der Waals surface area contributed by atoms with Crippen LogP contribution in [-0.4, -0.2) is 28.6 Å². The van der Waals surface area contributed by atoms with Gasteiger partial charge in [0.1, 0.15) is 18.2 Å². The number of hydrogen-bond acceptors (Lipinski definition) is 3. The van der Waals surface area contributed by atoms with Gasteiger partial charge in [-0.2, -0.15) is 0 Å². The van der Waals surface area contributed by atoms with Crippen LogP contribution in [0, 0.1) is 13.8 Å². The van der Waals surface area contributed by atoms with Crippen LogP contribution in [0.25, 0.3) is 11.0 Å². The highest BCUT2D eigenvalue weighted by atomic mass is 16.5. The molecule has 0 atom stereocenters. The van der Waals surface area contributed by atoms with Gasteiger partial charge in [-0.25, -0.2) is 4.98 Å². The number of nitrogens with one attached hydrogen (secondary N) is 1. The Labute approximate surface area is 159 Å². The maximum atomic E-state index is 11.4. The Morgan fingerprint density at radius 1 is 1.26 bits per heavy atom. The summed E-state index contributed by atoms with van der Waals surface area (Å²) in [7, 11) is 0. The number of nitrogens with zero attached hydrogens (tertiary/aromatic N) is 2. The van der Waals surface area contributed by atoms with E-state index in [-0.39, 0.29) is 5.91 Å². The number of imidazole rings is 1. The van der Waals surface area contributed by atoms with Crippen LogP contribution in [0.1, 0.15) is 17.0 Å². The Balaban J connectivity index is 1.72. The largest absolute Gasteiger partial charge is 0.491 e. The first-order valence-electron chi connectivity index (χ1n) is 9.13. The molecular formula is C22H25N3O2. The van der Waals surface area contributed by atoms with Gasteiger partial charge in [0.15, 0.2) is 0 Å². The Bertz CT molecular complexity index is 959. The van der Waals surface area contributed by atoms with Gasteiger partial charge < -0.3 is 14.6 Å². The van der Waals surface area contributed by atoms with E-state index in [1.165, 1.54) is 11.6 Å². The predicted octanol–water partition coefficient (Wildman–Crippen LogP) is 3.58. The van der Waals surface area contributed by atoms with E-state index in [1.807, 2.05) is 24.3 Å². The number of amides is 1. The van der Waals surface area contributed by atoms with Crippen molar-refractivity contribution in [2.24, 2.45) is 0 Å². The molecule has 0 fully saturated rings. The standard InChI is InChI=1S/C22H25N3O2/c1-4-22(26)23-12-11-21-24-18-7-5-6-8-19(18)25(21)13-14-27-20-10-9-16(2)15-17(20)3/h4-10,15H,1,11-14H2,2-3H3,(H,23,26). The summed E-state index contributed by atoms with van der Waals surface area (Å²) in [6.45, 7) is 9.37. The third-order valence-electron chi connectivity index (χ3n) is 4.47. The summed E-state index contributed by atoms with van der Waals surface area (Å²) in [5, 5.41) is 2.81. The highest BCUT2D eigenvalue weighted by Crippen LogP contribution is 2.20. The van der Waals surface area contributed by atoms with Crippen molar-refractivity contribution >= 4 is 16.9 Å². The molecule has 0 radical (unpaired) electrons. The zero-order chi connectivity index (χ0) is 19.2. The van der Waals surface area contributed by atoms with Crippen LogP contribution in [0.5, 0.6) is 5.75 Å². The minimum Gasteiger partial charge on any atom is -0.491 e. The van der Waals surface area contributed by atoms with Gasteiger partial charge in [-0.15, -0.1) is 0 Å².